The van der Waals surface area contributed by atoms with Crippen molar-refractivity contribution in [1.82, 2.24) is 5.32 Å². The van der Waals surface area contributed by atoms with Crippen molar-refractivity contribution in [2.75, 3.05) is 24.6 Å². The molecule has 2 aliphatic heterocycles. The first-order valence-corrected chi connectivity index (χ1v) is 10.2. The lowest BCUT2D eigenvalue weighted by molar-refractivity contribution is -0.124. The molecular weight excluding hydrogens is 356 g/mol. The van der Waals surface area contributed by atoms with Crippen LogP contribution < -0.4 is 10.2 Å². The smallest absolute Gasteiger partial charge is 0.240 e. The fourth-order valence-electron chi connectivity index (χ4n) is 3.30. The number of carbonyl (C=O) groups excluding carboxylic acids is 2. The monoisotopic (exact) mass is 380 g/mol. The Bertz CT molecular complexity index is 813. The van der Waals surface area contributed by atoms with Crippen LogP contribution >= 0.6 is 0 Å². The van der Waals surface area contributed by atoms with E-state index < -0.39 is 14.6 Å². The lowest BCUT2D eigenvalue weighted by Crippen LogP contribution is -2.43. The molecule has 2 aliphatic rings. The maximum Gasteiger partial charge on any atom is 0.240 e. The molecule has 142 valence electrons. The van der Waals surface area contributed by atoms with Crippen LogP contribution in [0.2, 0.25) is 0 Å². The zero-order chi connectivity index (χ0) is 18.9. The molecule has 2 amide bonds. The van der Waals surface area contributed by atoms with Crippen molar-refractivity contribution in [1.29, 1.82) is 0 Å². The molecule has 8 heteroatoms. The van der Waals surface area contributed by atoms with E-state index >= 15 is 0 Å². The summed E-state index contributed by atoms with van der Waals surface area (Å²) in [5, 5.41) is 2.78. The Hall–Kier alpha value is -1.93. The van der Waals surface area contributed by atoms with Crippen LogP contribution in [0.15, 0.2) is 29.2 Å². The molecule has 1 saturated heterocycles. The van der Waals surface area contributed by atoms with Gasteiger partial charge in [-0.3, -0.25) is 9.59 Å². The second-order valence-electron chi connectivity index (χ2n) is 7.33. The Morgan fingerprint density at radius 2 is 2.08 bits per heavy atom. The number of carbonyl (C=O) groups is 2. The van der Waals surface area contributed by atoms with Gasteiger partial charge >= 0.3 is 0 Å². The molecule has 0 bridgehead atoms. The summed E-state index contributed by atoms with van der Waals surface area (Å²) in [6.07, 6.45) is 1.71. The number of rotatable bonds is 4. The van der Waals surface area contributed by atoms with Crippen molar-refractivity contribution in [3.63, 3.8) is 0 Å². The maximum atomic E-state index is 12.9. The van der Waals surface area contributed by atoms with Crippen LogP contribution in [0.1, 0.15) is 33.1 Å². The number of hydrogen-bond donors (Lipinski definition) is 1. The molecule has 26 heavy (non-hydrogen) atoms. The van der Waals surface area contributed by atoms with Gasteiger partial charge in [-0.2, -0.15) is 0 Å². The number of benzene rings is 1. The highest BCUT2D eigenvalue weighted by Gasteiger charge is 2.44. The SMILES string of the molecule is CC1(C)CC(=O)N(CC(=O)NCC2CCCO2)c2ccccc2S1(=O)=O. The highest BCUT2D eigenvalue weighted by Crippen LogP contribution is 2.38. The van der Waals surface area contributed by atoms with Crippen LogP contribution in [0.25, 0.3) is 0 Å². The van der Waals surface area contributed by atoms with E-state index in [2.05, 4.69) is 5.32 Å². The van der Waals surface area contributed by atoms with Crippen molar-refractivity contribution in [2.24, 2.45) is 0 Å². The van der Waals surface area contributed by atoms with Crippen LogP contribution in [0, 0.1) is 0 Å². The molecule has 1 aromatic rings. The molecule has 2 heterocycles. The van der Waals surface area contributed by atoms with E-state index in [1.54, 1.807) is 18.2 Å². The zero-order valence-corrected chi connectivity index (χ0v) is 15.8. The summed E-state index contributed by atoms with van der Waals surface area (Å²) in [4.78, 5) is 26.4. The van der Waals surface area contributed by atoms with Crippen LogP contribution in [0.4, 0.5) is 5.69 Å². The molecule has 0 spiro atoms. The number of sulfone groups is 1. The molecule has 0 radical (unpaired) electrons. The highest BCUT2D eigenvalue weighted by atomic mass is 32.2. The Morgan fingerprint density at radius 1 is 1.35 bits per heavy atom. The Kier molecular flexibility index (Phi) is 5.07. The lowest BCUT2D eigenvalue weighted by Gasteiger charge is -2.22. The number of amides is 2. The van der Waals surface area contributed by atoms with E-state index in [0.29, 0.717) is 13.2 Å². The summed E-state index contributed by atoms with van der Waals surface area (Å²) < 4.78 is 30.1. The molecule has 0 saturated carbocycles. The molecule has 0 aliphatic carbocycles. The second-order valence-corrected chi connectivity index (χ2v) is 9.88. The predicted molar refractivity (Wildman–Crippen MR) is 96.7 cm³/mol. The van der Waals surface area contributed by atoms with E-state index in [1.807, 2.05) is 0 Å². The van der Waals surface area contributed by atoms with Crippen molar-refractivity contribution in [3.05, 3.63) is 24.3 Å². The Balaban J connectivity index is 1.84. The molecule has 1 aromatic carbocycles. The fraction of sp³-hybridized carbons (Fsp3) is 0.556. The zero-order valence-electron chi connectivity index (χ0n) is 15.0. The summed E-state index contributed by atoms with van der Waals surface area (Å²) in [5.74, 6) is -0.712. The quantitative estimate of drug-likeness (QED) is 0.849. The first-order chi connectivity index (χ1) is 12.2. The summed E-state index contributed by atoms with van der Waals surface area (Å²) in [5.41, 5.74) is 0.260. The van der Waals surface area contributed by atoms with Gasteiger partial charge in [-0.05, 0) is 38.8 Å². The van der Waals surface area contributed by atoms with Crippen molar-refractivity contribution in [3.8, 4) is 0 Å². The third kappa shape index (κ3) is 3.48. The van der Waals surface area contributed by atoms with Crippen LogP contribution in [0.5, 0.6) is 0 Å². The number of fused-ring (bicyclic) bond motifs is 1. The molecule has 0 aromatic heterocycles. The van der Waals surface area contributed by atoms with Gasteiger partial charge in [0, 0.05) is 19.6 Å². The van der Waals surface area contributed by atoms with Gasteiger partial charge in [-0.25, -0.2) is 8.42 Å². The molecule has 1 atom stereocenters. The molecule has 1 N–H and O–H groups in total. The summed E-state index contributed by atoms with van der Waals surface area (Å²) >= 11 is 0. The van der Waals surface area contributed by atoms with E-state index in [0.717, 1.165) is 12.8 Å². The van der Waals surface area contributed by atoms with Crippen LogP contribution in [-0.4, -0.2) is 50.8 Å². The Morgan fingerprint density at radius 3 is 2.77 bits per heavy atom. The van der Waals surface area contributed by atoms with Gasteiger partial charge in [0.05, 0.1) is 21.4 Å². The normalized spacial score (nSPS) is 24.0. The van der Waals surface area contributed by atoms with Gasteiger partial charge < -0.3 is 15.0 Å². The van der Waals surface area contributed by atoms with E-state index in [1.165, 1.54) is 24.8 Å². The van der Waals surface area contributed by atoms with Crippen molar-refractivity contribution >= 4 is 27.3 Å². The minimum absolute atomic E-state index is 0.00498. The van der Waals surface area contributed by atoms with Crippen LogP contribution in [-0.2, 0) is 24.2 Å². The fourth-order valence-corrected chi connectivity index (χ4v) is 4.92. The third-order valence-corrected chi connectivity index (χ3v) is 7.43. The molecule has 1 unspecified atom stereocenters. The molecule has 1 fully saturated rings. The van der Waals surface area contributed by atoms with Gasteiger partial charge in [0.2, 0.25) is 11.8 Å². The van der Waals surface area contributed by atoms with Crippen molar-refractivity contribution < 1.29 is 22.7 Å². The first-order valence-electron chi connectivity index (χ1n) is 8.75. The van der Waals surface area contributed by atoms with Gasteiger partial charge in [-0.1, -0.05) is 12.1 Å². The van der Waals surface area contributed by atoms with Crippen molar-refractivity contribution in [2.45, 2.75) is 48.9 Å². The highest BCUT2D eigenvalue weighted by molar-refractivity contribution is 7.93. The molecular formula is C18H24N2O5S. The molecule has 3 rings (SSSR count). The largest absolute Gasteiger partial charge is 0.376 e. The number of nitrogens with one attached hydrogen (secondary N) is 1. The van der Waals surface area contributed by atoms with Gasteiger partial charge in [-0.15, -0.1) is 0 Å². The standard InChI is InChI=1S/C18H24N2O5S/c1-18(2)10-17(22)20(12-16(21)19-11-13-6-5-9-25-13)14-7-3-4-8-15(14)26(18,23)24/h3-4,7-8,13H,5-6,9-12H2,1-2H3,(H,19,21). The molecule has 7 nitrogen and oxygen atoms in total. The number of nitrogens with zero attached hydrogens (tertiary/aromatic N) is 1. The van der Waals surface area contributed by atoms with Crippen LogP contribution in [0.3, 0.4) is 0 Å². The average Bonchev–Trinajstić information content (AvgIpc) is 3.09. The topological polar surface area (TPSA) is 92.8 Å². The van der Waals surface area contributed by atoms with E-state index in [9.17, 15) is 18.0 Å². The van der Waals surface area contributed by atoms with E-state index in [-0.39, 0.29) is 41.5 Å². The lowest BCUT2D eigenvalue weighted by atomic mass is 10.1. The summed E-state index contributed by atoms with van der Waals surface area (Å²) in [6.45, 7) is 3.96. The minimum atomic E-state index is -3.70. The number of anilines is 1. The Labute approximate surface area is 153 Å². The van der Waals surface area contributed by atoms with Gasteiger partial charge in [0.25, 0.3) is 0 Å². The van der Waals surface area contributed by atoms with Gasteiger partial charge in [0.1, 0.15) is 6.54 Å². The number of para-hydroxylation sites is 1. The van der Waals surface area contributed by atoms with Gasteiger partial charge in [0.15, 0.2) is 9.84 Å². The summed E-state index contributed by atoms with van der Waals surface area (Å²) in [7, 11) is -3.70. The third-order valence-electron chi connectivity index (χ3n) is 4.90. The maximum absolute atomic E-state index is 12.9. The number of ether oxygens (including phenoxy) is 1. The number of hydrogen-bond acceptors (Lipinski definition) is 5. The first kappa shape index (κ1) is 18.8. The predicted octanol–water partition coefficient (Wildman–Crippen LogP) is 1.27. The second kappa shape index (κ2) is 7.00. The summed E-state index contributed by atoms with van der Waals surface area (Å²) in [6, 6.07) is 6.34. The van der Waals surface area contributed by atoms with E-state index in [4.69, 9.17) is 4.74 Å². The minimum Gasteiger partial charge on any atom is -0.376 e. The average molecular weight is 380 g/mol.